The lowest BCUT2D eigenvalue weighted by Gasteiger charge is -2.19. The number of hydrogen-bond acceptors (Lipinski definition) is 2. The van der Waals surface area contributed by atoms with Crippen LogP contribution in [-0.2, 0) is 6.18 Å². The van der Waals surface area contributed by atoms with Gasteiger partial charge in [-0.05, 0) is 18.4 Å². The first-order chi connectivity index (χ1) is 7.16. The average Bonchev–Trinajstić information content (AvgIpc) is 2.07. The van der Waals surface area contributed by atoms with E-state index in [1.165, 1.54) is 6.92 Å². The molecule has 2 N–H and O–H groups in total. The van der Waals surface area contributed by atoms with Crippen molar-refractivity contribution in [1.82, 2.24) is 4.98 Å². The second-order valence-corrected chi connectivity index (χ2v) is 4.22. The molecule has 0 saturated heterocycles. The Hall–Kier alpha value is -0.970. The van der Waals surface area contributed by atoms with Crippen molar-refractivity contribution in [1.29, 1.82) is 0 Å². The van der Waals surface area contributed by atoms with Gasteiger partial charge in [0.05, 0.1) is 16.3 Å². The summed E-state index contributed by atoms with van der Waals surface area (Å²) < 4.78 is 38.5. The van der Waals surface area contributed by atoms with E-state index in [1.807, 2.05) is 0 Å². The highest BCUT2D eigenvalue weighted by Crippen LogP contribution is 2.41. The van der Waals surface area contributed by atoms with E-state index in [0.717, 1.165) is 0 Å². The van der Waals surface area contributed by atoms with Crippen LogP contribution in [0.3, 0.4) is 0 Å². The molecule has 0 saturated carbocycles. The third-order valence-electron chi connectivity index (χ3n) is 2.24. The van der Waals surface area contributed by atoms with Gasteiger partial charge in [-0.2, -0.15) is 13.2 Å². The van der Waals surface area contributed by atoms with Crippen LogP contribution >= 0.6 is 11.6 Å². The summed E-state index contributed by atoms with van der Waals surface area (Å²) in [6.45, 7) is 4.55. The number of rotatable bonds is 1. The number of nitrogens with zero attached hydrogens (tertiary/aromatic N) is 1. The average molecular weight is 253 g/mol. The molecule has 1 heterocycles. The van der Waals surface area contributed by atoms with Crippen molar-refractivity contribution in [3.8, 4) is 0 Å². The molecule has 0 aliphatic carbocycles. The predicted octanol–water partition coefficient (Wildman–Crippen LogP) is 3.77. The highest BCUT2D eigenvalue weighted by molar-refractivity contribution is 6.33. The third kappa shape index (κ3) is 2.24. The number of alkyl halides is 3. The summed E-state index contributed by atoms with van der Waals surface area (Å²) in [7, 11) is 0. The first-order valence-corrected chi connectivity index (χ1v) is 5.06. The Kier molecular flexibility index (Phi) is 3.38. The van der Waals surface area contributed by atoms with E-state index in [1.54, 1.807) is 13.8 Å². The van der Waals surface area contributed by atoms with Crippen molar-refractivity contribution in [2.45, 2.75) is 32.9 Å². The largest absolute Gasteiger partial charge is 0.418 e. The third-order valence-corrected chi connectivity index (χ3v) is 2.64. The maximum Gasteiger partial charge on any atom is 0.418 e. The van der Waals surface area contributed by atoms with Crippen molar-refractivity contribution >= 4 is 17.4 Å². The van der Waals surface area contributed by atoms with E-state index in [4.69, 9.17) is 17.3 Å². The van der Waals surface area contributed by atoms with Gasteiger partial charge in [-0.25, -0.2) is 4.98 Å². The van der Waals surface area contributed by atoms with Crippen LogP contribution in [0.15, 0.2) is 0 Å². The van der Waals surface area contributed by atoms with Gasteiger partial charge in [0, 0.05) is 0 Å². The Morgan fingerprint density at radius 2 is 1.81 bits per heavy atom. The second kappa shape index (κ2) is 4.13. The predicted molar refractivity (Wildman–Crippen MR) is 57.5 cm³/mol. The molecule has 0 spiro atoms. The van der Waals surface area contributed by atoms with E-state index >= 15 is 0 Å². The van der Waals surface area contributed by atoms with Crippen LogP contribution in [0.2, 0.25) is 5.02 Å². The molecule has 2 nitrogen and oxygen atoms in total. The first-order valence-electron chi connectivity index (χ1n) is 4.69. The molecule has 0 radical (unpaired) electrons. The number of hydrogen-bond donors (Lipinski definition) is 1. The van der Waals surface area contributed by atoms with Crippen LogP contribution in [0.25, 0.3) is 0 Å². The second-order valence-electron chi connectivity index (χ2n) is 3.84. The summed E-state index contributed by atoms with van der Waals surface area (Å²) in [4.78, 5) is 3.61. The minimum Gasteiger partial charge on any atom is -0.382 e. The fourth-order valence-electron chi connectivity index (χ4n) is 1.63. The Labute approximate surface area is 96.6 Å². The lowest BCUT2D eigenvalue weighted by Crippen LogP contribution is -2.15. The van der Waals surface area contributed by atoms with Crippen molar-refractivity contribution in [2.24, 2.45) is 0 Å². The monoisotopic (exact) mass is 252 g/mol. The molecule has 0 aliphatic heterocycles. The summed E-state index contributed by atoms with van der Waals surface area (Å²) in [6.07, 6.45) is -4.46. The van der Waals surface area contributed by atoms with Gasteiger partial charge in [-0.3, -0.25) is 0 Å². The van der Waals surface area contributed by atoms with Crippen LogP contribution in [0, 0.1) is 6.92 Å². The fourth-order valence-corrected chi connectivity index (χ4v) is 1.98. The van der Waals surface area contributed by atoms with Gasteiger partial charge in [-0.15, -0.1) is 0 Å². The number of halogens is 4. The zero-order valence-corrected chi connectivity index (χ0v) is 9.87. The van der Waals surface area contributed by atoms with E-state index in [-0.39, 0.29) is 28.0 Å². The van der Waals surface area contributed by atoms with Gasteiger partial charge in [0.15, 0.2) is 0 Å². The Morgan fingerprint density at radius 3 is 2.19 bits per heavy atom. The Bertz CT molecular complexity index is 414. The Morgan fingerprint density at radius 1 is 1.31 bits per heavy atom. The summed E-state index contributed by atoms with van der Waals surface area (Å²) >= 11 is 5.78. The molecule has 1 aromatic heterocycles. The first kappa shape index (κ1) is 13.1. The van der Waals surface area contributed by atoms with Gasteiger partial charge < -0.3 is 5.73 Å². The van der Waals surface area contributed by atoms with Gasteiger partial charge in [-0.1, -0.05) is 25.4 Å². The van der Waals surface area contributed by atoms with E-state index < -0.39 is 11.7 Å². The van der Waals surface area contributed by atoms with Gasteiger partial charge in [0.2, 0.25) is 0 Å². The van der Waals surface area contributed by atoms with Crippen LogP contribution in [0.4, 0.5) is 19.0 Å². The molecule has 1 aromatic rings. The van der Waals surface area contributed by atoms with Crippen LogP contribution in [-0.4, -0.2) is 4.98 Å². The maximum absolute atomic E-state index is 12.8. The molecule has 0 unspecified atom stereocenters. The molecular weight excluding hydrogens is 241 g/mol. The number of nitrogen functional groups attached to an aromatic ring is 1. The summed E-state index contributed by atoms with van der Waals surface area (Å²) in [5.74, 6) is -0.427. The Balaban J connectivity index is 3.65. The molecule has 0 aliphatic rings. The summed E-state index contributed by atoms with van der Waals surface area (Å²) in [5, 5.41) is -0.104. The molecule has 0 fully saturated rings. The van der Waals surface area contributed by atoms with Crippen molar-refractivity contribution < 1.29 is 13.2 Å². The molecular formula is C10H12ClF3N2. The van der Waals surface area contributed by atoms with Crippen LogP contribution in [0.5, 0.6) is 0 Å². The summed E-state index contributed by atoms with van der Waals surface area (Å²) in [6, 6.07) is 0. The minimum absolute atomic E-state index is 0.0131. The smallest absolute Gasteiger partial charge is 0.382 e. The minimum atomic E-state index is -4.46. The molecule has 6 heteroatoms. The van der Waals surface area contributed by atoms with Crippen molar-refractivity contribution in [2.75, 3.05) is 5.73 Å². The molecule has 90 valence electrons. The molecule has 1 rings (SSSR count). The SMILES string of the molecule is Cc1nc(N)c(Cl)c(C(C)C)c1C(F)(F)F. The van der Waals surface area contributed by atoms with E-state index in [9.17, 15) is 13.2 Å². The van der Waals surface area contributed by atoms with Gasteiger partial charge >= 0.3 is 6.18 Å². The molecule has 0 bridgehead atoms. The molecule has 0 atom stereocenters. The van der Waals surface area contributed by atoms with Crippen molar-refractivity contribution in [3.05, 3.63) is 21.8 Å². The standard InChI is InChI=1S/C10H12ClF3N2/c1-4(2)6-7(10(12,13)14)5(3)16-9(15)8(6)11/h4H,1-3H3,(H2,15,16). The zero-order chi connectivity index (χ0) is 12.7. The number of nitrogens with two attached hydrogens (primary N) is 1. The number of anilines is 1. The molecule has 0 amide bonds. The van der Waals surface area contributed by atoms with Crippen molar-refractivity contribution in [3.63, 3.8) is 0 Å². The maximum atomic E-state index is 12.8. The zero-order valence-electron chi connectivity index (χ0n) is 9.11. The quantitative estimate of drug-likeness (QED) is 0.826. The van der Waals surface area contributed by atoms with Crippen LogP contribution in [0.1, 0.15) is 36.6 Å². The summed E-state index contributed by atoms with van der Waals surface area (Å²) in [5.41, 5.74) is 4.56. The van der Waals surface area contributed by atoms with E-state index in [2.05, 4.69) is 4.98 Å². The van der Waals surface area contributed by atoms with E-state index in [0.29, 0.717) is 0 Å². The lowest BCUT2D eigenvalue weighted by molar-refractivity contribution is -0.139. The number of aryl methyl sites for hydroxylation is 1. The molecule has 0 aromatic carbocycles. The van der Waals surface area contributed by atoms with Gasteiger partial charge in [0.25, 0.3) is 0 Å². The van der Waals surface area contributed by atoms with Crippen LogP contribution < -0.4 is 5.73 Å². The number of pyridine rings is 1. The highest BCUT2D eigenvalue weighted by Gasteiger charge is 2.38. The van der Waals surface area contributed by atoms with Gasteiger partial charge in [0.1, 0.15) is 5.82 Å². The normalized spacial score (nSPS) is 12.2. The fraction of sp³-hybridized carbons (Fsp3) is 0.500. The molecule has 16 heavy (non-hydrogen) atoms. The number of aromatic nitrogens is 1. The highest BCUT2D eigenvalue weighted by atomic mass is 35.5. The topological polar surface area (TPSA) is 38.9 Å². The lowest BCUT2D eigenvalue weighted by atomic mass is 9.96.